The van der Waals surface area contributed by atoms with Crippen molar-refractivity contribution in [1.29, 1.82) is 0 Å². The molecule has 0 aromatic rings. The Morgan fingerprint density at radius 2 is 1.89 bits per heavy atom. The monoisotopic (exact) mass is 266 g/mol. The average molecular weight is 266 g/mol. The SMILES string of the molecule is CC(C)=C(OCC1CC2C=CC1C2)O[Si](C)(C)C. The van der Waals surface area contributed by atoms with Gasteiger partial charge in [-0.25, -0.2) is 0 Å². The normalized spacial score (nSPS) is 29.5. The second kappa shape index (κ2) is 5.12. The lowest BCUT2D eigenvalue weighted by atomic mass is 9.95. The standard InChI is InChI=1S/C15H26O2Si/c1-11(2)15(17-18(3,4)5)16-10-14-9-12-6-7-13(14)8-12/h6-7,12-14H,8-10H2,1-5H3. The Labute approximate surface area is 112 Å². The summed E-state index contributed by atoms with van der Waals surface area (Å²) in [6.45, 7) is 11.5. The van der Waals surface area contributed by atoms with Crippen molar-refractivity contribution < 1.29 is 9.16 Å². The minimum absolute atomic E-state index is 0.694. The van der Waals surface area contributed by atoms with Crippen LogP contribution in [-0.2, 0) is 9.16 Å². The summed E-state index contributed by atoms with van der Waals surface area (Å²) in [6.07, 6.45) is 7.39. The second-order valence-corrected chi connectivity index (χ2v) is 11.3. The maximum atomic E-state index is 6.02. The molecular formula is C15H26O2Si. The van der Waals surface area contributed by atoms with E-state index in [1.54, 1.807) is 0 Å². The molecular weight excluding hydrogens is 240 g/mol. The van der Waals surface area contributed by atoms with Gasteiger partial charge in [-0.15, -0.1) is 0 Å². The van der Waals surface area contributed by atoms with Gasteiger partial charge < -0.3 is 9.16 Å². The third-order valence-corrected chi connectivity index (χ3v) is 4.45. The van der Waals surface area contributed by atoms with Gasteiger partial charge in [0.05, 0.1) is 6.61 Å². The lowest BCUT2D eigenvalue weighted by molar-refractivity contribution is 0.0678. The molecule has 3 unspecified atom stereocenters. The number of fused-ring (bicyclic) bond motifs is 2. The molecule has 2 rings (SSSR count). The highest BCUT2D eigenvalue weighted by Crippen LogP contribution is 2.43. The van der Waals surface area contributed by atoms with Gasteiger partial charge in [0.1, 0.15) is 0 Å². The van der Waals surface area contributed by atoms with Crippen LogP contribution in [0.25, 0.3) is 0 Å². The molecule has 0 heterocycles. The lowest BCUT2D eigenvalue weighted by Crippen LogP contribution is -2.27. The first-order chi connectivity index (χ1) is 8.35. The molecule has 2 nitrogen and oxygen atoms in total. The fourth-order valence-corrected chi connectivity index (χ4v) is 3.64. The maximum Gasteiger partial charge on any atom is 0.263 e. The van der Waals surface area contributed by atoms with Crippen molar-refractivity contribution in [2.75, 3.05) is 6.61 Å². The van der Waals surface area contributed by atoms with Crippen molar-refractivity contribution >= 4 is 8.32 Å². The third kappa shape index (κ3) is 3.41. The maximum absolute atomic E-state index is 6.02. The van der Waals surface area contributed by atoms with Crippen LogP contribution >= 0.6 is 0 Å². The highest BCUT2D eigenvalue weighted by molar-refractivity contribution is 6.70. The van der Waals surface area contributed by atoms with E-state index in [1.165, 1.54) is 12.8 Å². The smallest absolute Gasteiger partial charge is 0.263 e. The number of rotatable bonds is 5. The number of ether oxygens (including phenoxy) is 1. The molecule has 0 aliphatic heterocycles. The van der Waals surface area contributed by atoms with Crippen molar-refractivity contribution in [3.63, 3.8) is 0 Å². The summed E-state index contributed by atoms with van der Waals surface area (Å²) >= 11 is 0. The predicted molar refractivity (Wildman–Crippen MR) is 77.6 cm³/mol. The predicted octanol–water partition coefficient (Wildman–Crippen LogP) is 4.32. The zero-order valence-corrected chi connectivity index (χ0v) is 13.3. The van der Waals surface area contributed by atoms with E-state index in [1.807, 2.05) is 0 Å². The molecule has 1 saturated carbocycles. The van der Waals surface area contributed by atoms with Crippen LogP contribution in [-0.4, -0.2) is 14.9 Å². The van der Waals surface area contributed by atoms with E-state index >= 15 is 0 Å². The van der Waals surface area contributed by atoms with Gasteiger partial charge in [0.25, 0.3) is 5.95 Å². The van der Waals surface area contributed by atoms with Crippen LogP contribution in [0.1, 0.15) is 26.7 Å². The Hall–Kier alpha value is -0.703. The van der Waals surface area contributed by atoms with E-state index in [9.17, 15) is 0 Å². The van der Waals surface area contributed by atoms with Gasteiger partial charge in [0.15, 0.2) is 0 Å². The van der Waals surface area contributed by atoms with Gasteiger partial charge in [0.2, 0.25) is 8.32 Å². The molecule has 2 bridgehead atoms. The van der Waals surface area contributed by atoms with E-state index in [0.29, 0.717) is 5.92 Å². The van der Waals surface area contributed by atoms with E-state index < -0.39 is 8.32 Å². The summed E-state index contributed by atoms with van der Waals surface area (Å²) < 4.78 is 12.0. The molecule has 0 amide bonds. The first-order valence-corrected chi connectivity index (χ1v) is 10.4. The molecule has 1 fully saturated rings. The fourth-order valence-electron chi connectivity index (χ4n) is 2.82. The minimum Gasteiger partial charge on any atom is -0.520 e. The summed E-state index contributed by atoms with van der Waals surface area (Å²) in [5, 5.41) is 0. The van der Waals surface area contributed by atoms with Crippen molar-refractivity contribution in [3.05, 3.63) is 23.7 Å². The Kier molecular flexibility index (Phi) is 3.90. The molecule has 0 aromatic heterocycles. The van der Waals surface area contributed by atoms with Crippen molar-refractivity contribution in [2.45, 2.75) is 46.3 Å². The molecule has 3 atom stereocenters. The molecule has 102 valence electrons. The van der Waals surface area contributed by atoms with Crippen LogP contribution in [0, 0.1) is 17.8 Å². The van der Waals surface area contributed by atoms with Gasteiger partial charge in [-0.2, -0.15) is 0 Å². The molecule has 3 heteroatoms. The molecule has 0 radical (unpaired) electrons. The topological polar surface area (TPSA) is 18.5 Å². The van der Waals surface area contributed by atoms with Crippen LogP contribution in [0.5, 0.6) is 0 Å². The molecule has 2 aliphatic carbocycles. The summed E-state index contributed by atoms with van der Waals surface area (Å²) in [5.41, 5.74) is 1.15. The first-order valence-electron chi connectivity index (χ1n) is 7.03. The minimum atomic E-state index is -1.57. The summed E-state index contributed by atoms with van der Waals surface area (Å²) in [7, 11) is -1.57. The molecule has 0 spiro atoms. The Bertz CT molecular complexity index is 361. The highest BCUT2D eigenvalue weighted by atomic mass is 28.4. The molecule has 0 saturated heterocycles. The van der Waals surface area contributed by atoms with Crippen LogP contribution < -0.4 is 0 Å². The third-order valence-electron chi connectivity index (χ3n) is 3.65. The Morgan fingerprint density at radius 1 is 1.17 bits per heavy atom. The van der Waals surface area contributed by atoms with Gasteiger partial charge >= 0.3 is 0 Å². The molecule has 0 N–H and O–H groups in total. The number of allylic oxidation sites excluding steroid dienone is 3. The van der Waals surface area contributed by atoms with E-state index in [-0.39, 0.29) is 0 Å². The highest BCUT2D eigenvalue weighted by Gasteiger charge is 2.36. The van der Waals surface area contributed by atoms with E-state index in [4.69, 9.17) is 9.16 Å². The van der Waals surface area contributed by atoms with Crippen LogP contribution in [0.15, 0.2) is 23.7 Å². The van der Waals surface area contributed by atoms with Gasteiger partial charge in [-0.3, -0.25) is 0 Å². The first kappa shape index (κ1) is 13.7. The summed E-state index contributed by atoms with van der Waals surface area (Å²) in [5.74, 6) is 3.04. The molecule has 2 aliphatic rings. The Balaban J connectivity index is 1.88. The largest absolute Gasteiger partial charge is 0.520 e. The van der Waals surface area contributed by atoms with Crippen molar-refractivity contribution in [2.24, 2.45) is 17.8 Å². The number of hydrogen-bond acceptors (Lipinski definition) is 2. The Morgan fingerprint density at radius 3 is 2.33 bits per heavy atom. The molecule has 18 heavy (non-hydrogen) atoms. The zero-order valence-electron chi connectivity index (χ0n) is 12.3. The van der Waals surface area contributed by atoms with E-state index in [2.05, 4.69) is 45.6 Å². The van der Waals surface area contributed by atoms with Crippen LogP contribution in [0.4, 0.5) is 0 Å². The zero-order chi connectivity index (χ0) is 13.3. The summed E-state index contributed by atoms with van der Waals surface area (Å²) in [6, 6.07) is 0. The molecule has 0 aromatic carbocycles. The summed E-state index contributed by atoms with van der Waals surface area (Å²) in [4.78, 5) is 0. The van der Waals surface area contributed by atoms with Gasteiger partial charge in [-0.1, -0.05) is 12.2 Å². The number of hydrogen-bond donors (Lipinski definition) is 0. The van der Waals surface area contributed by atoms with Gasteiger partial charge in [0, 0.05) is 5.57 Å². The average Bonchev–Trinajstić information content (AvgIpc) is 2.83. The van der Waals surface area contributed by atoms with Crippen LogP contribution in [0.3, 0.4) is 0 Å². The van der Waals surface area contributed by atoms with E-state index in [0.717, 1.165) is 30.0 Å². The lowest BCUT2D eigenvalue weighted by Gasteiger charge is -2.25. The van der Waals surface area contributed by atoms with Crippen molar-refractivity contribution in [3.8, 4) is 0 Å². The quantitative estimate of drug-likeness (QED) is 0.419. The van der Waals surface area contributed by atoms with Crippen molar-refractivity contribution in [1.82, 2.24) is 0 Å². The van der Waals surface area contributed by atoms with Gasteiger partial charge in [-0.05, 0) is 64.1 Å². The second-order valence-electron chi connectivity index (χ2n) is 6.85. The fraction of sp³-hybridized carbons (Fsp3) is 0.733. The van der Waals surface area contributed by atoms with Crippen LogP contribution in [0.2, 0.25) is 19.6 Å².